The minimum Gasteiger partial charge on any atom is -0.311 e. The lowest BCUT2D eigenvalue weighted by atomic mass is 10.1. The van der Waals surface area contributed by atoms with Crippen LogP contribution in [0, 0.1) is 11.8 Å². The molecular weight excluding hydrogens is 234 g/mol. The molecule has 0 saturated heterocycles. The molecule has 19 heavy (non-hydrogen) atoms. The highest BCUT2D eigenvalue weighted by atomic mass is 15.3. The maximum absolute atomic E-state index is 4.59. The normalized spacial score (nSPS) is 16.5. The number of para-hydroxylation sites is 1. The van der Waals surface area contributed by atoms with Crippen LogP contribution in [0.15, 0.2) is 42.6 Å². The highest BCUT2D eigenvalue weighted by Gasteiger charge is 2.27. The Hall–Kier alpha value is -1.61. The van der Waals surface area contributed by atoms with Gasteiger partial charge in [0.25, 0.3) is 0 Å². The average molecular weight is 255 g/mol. The Labute approximate surface area is 114 Å². The van der Waals surface area contributed by atoms with Crippen molar-refractivity contribution in [3.8, 4) is 5.69 Å². The van der Waals surface area contributed by atoms with Crippen molar-refractivity contribution in [1.82, 2.24) is 15.1 Å². The number of nitrogens with zero attached hydrogens (tertiary/aromatic N) is 2. The van der Waals surface area contributed by atoms with Crippen molar-refractivity contribution in [3.05, 3.63) is 48.3 Å². The SMILES string of the molecule is CC(CNCc1ccn(-c2ccccc2)n1)C1CC1. The van der Waals surface area contributed by atoms with Crippen molar-refractivity contribution < 1.29 is 0 Å². The maximum atomic E-state index is 4.59. The zero-order valence-corrected chi connectivity index (χ0v) is 11.4. The average Bonchev–Trinajstić information content (AvgIpc) is 3.20. The number of benzene rings is 1. The van der Waals surface area contributed by atoms with Gasteiger partial charge in [-0.15, -0.1) is 0 Å². The first-order valence-electron chi connectivity index (χ1n) is 7.13. The molecule has 1 saturated carbocycles. The first-order valence-corrected chi connectivity index (χ1v) is 7.13. The predicted octanol–water partition coefficient (Wildman–Crippen LogP) is 3.01. The number of nitrogens with one attached hydrogen (secondary N) is 1. The second kappa shape index (κ2) is 5.57. The van der Waals surface area contributed by atoms with E-state index in [9.17, 15) is 0 Å². The van der Waals surface area contributed by atoms with Crippen LogP contribution in [-0.2, 0) is 6.54 Å². The highest BCUT2D eigenvalue weighted by molar-refractivity contribution is 5.30. The van der Waals surface area contributed by atoms with E-state index in [1.807, 2.05) is 29.1 Å². The molecule has 0 bridgehead atoms. The molecule has 1 fully saturated rings. The van der Waals surface area contributed by atoms with Gasteiger partial charge in [-0.3, -0.25) is 0 Å². The van der Waals surface area contributed by atoms with Crippen molar-refractivity contribution in [2.75, 3.05) is 6.54 Å². The summed E-state index contributed by atoms with van der Waals surface area (Å²) >= 11 is 0. The third kappa shape index (κ3) is 3.24. The van der Waals surface area contributed by atoms with Gasteiger partial charge in [0, 0.05) is 12.7 Å². The lowest BCUT2D eigenvalue weighted by molar-refractivity contribution is 0.459. The van der Waals surface area contributed by atoms with Crippen molar-refractivity contribution in [1.29, 1.82) is 0 Å². The lowest BCUT2D eigenvalue weighted by Crippen LogP contribution is -2.22. The molecule has 0 spiro atoms. The second-order valence-electron chi connectivity index (χ2n) is 5.53. The molecule has 1 atom stereocenters. The van der Waals surface area contributed by atoms with Gasteiger partial charge < -0.3 is 5.32 Å². The largest absolute Gasteiger partial charge is 0.311 e. The zero-order chi connectivity index (χ0) is 13.1. The quantitative estimate of drug-likeness (QED) is 0.860. The molecule has 100 valence electrons. The van der Waals surface area contributed by atoms with Gasteiger partial charge in [0.05, 0.1) is 11.4 Å². The summed E-state index contributed by atoms with van der Waals surface area (Å²) < 4.78 is 1.93. The molecule has 3 nitrogen and oxygen atoms in total. The van der Waals surface area contributed by atoms with Gasteiger partial charge >= 0.3 is 0 Å². The minimum atomic E-state index is 0.802. The molecule has 0 amide bonds. The van der Waals surface area contributed by atoms with Crippen LogP contribution in [0.3, 0.4) is 0 Å². The molecule has 3 rings (SSSR count). The Morgan fingerprint density at radius 2 is 2.05 bits per heavy atom. The van der Waals surface area contributed by atoms with Crippen LogP contribution >= 0.6 is 0 Å². The fraction of sp³-hybridized carbons (Fsp3) is 0.438. The first-order chi connectivity index (χ1) is 9.33. The van der Waals surface area contributed by atoms with Gasteiger partial charge in [-0.05, 0) is 49.4 Å². The summed E-state index contributed by atoms with van der Waals surface area (Å²) in [5, 5.41) is 8.10. The van der Waals surface area contributed by atoms with Crippen molar-refractivity contribution in [2.24, 2.45) is 11.8 Å². The lowest BCUT2D eigenvalue weighted by Gasteiger charge is -2.10. The van der Waals surface area contributed by atoms with Crippen LogP contribution in [0.2, 0.25) is 0 Å². The van der Waals surface area contributed by atoms with E-state index in [-0.39, 0.29) is 0 Å². The summed E-state index contributed by atoms with van der Waals surface area (Å²) in [5.41, 5.74) is 2.21. The molecule has 0 radical (unpaired) electrons. The Bertz CT molecular complexity index is 514. The zero-order valence-electron chi connectivity index (χ0n) is 11.4. The summed E-state index contributed by atoms with van der Waals surface area (Å²) in [4.78, 5) is 0. The van der Waals surface area contributed by atoms with E-state index in [4.69, 9.17) is 0 Å². The molecule has 1 aliphatic carbocycles. The van der Waals surface area contributed by atoms with Crippen LogP contribution in [-0.4, -0.2) is 16.3 Å². The highest BCUT2D eigenvalue weighted by Crippen LogP contribution is 2.36. The number of hydrogen-bond donors (Lipinski definition) is 1. The van der Waals surface area contributed by atoms with Crippen molar-refractivity contribution >= 4 is 0 Å². The van der Waals surface area contributed by atoms with Gasteiger partial charge in [-0.25, -0.2) is 4.68 Å². The van der Waals surface area contributed by atoms with Gasteiger partial charge in [0.1, 0.15) is 0 Å². The maximum Gasteiger partial charge on any atom is 0.0766 e. The fourth-order valence-corrected chi connectivity index (χ4v) is 2.44. The molecule has 3 heteroatoms. The smallest absolute Gasteiger partial charge is 0.0766 e. The van der Waals surface area contributed by atoms with E-state index >= 15 is 0 Å². The van der Waals surface area contributed by atoms with Gasteiger partial charge in [-0.1, -0.05) is 25.1 Å². The first kappa shape index (κ1) is 12.4. The Kier molecular flexibility index (Phi) is 3.65. The molecule has 1 aliphatic rings. The van der Waals surface area contributed by atoms with Crippen molar-refractivity contribution in [3.63, 3.8) is 0 Å². The van der Waals surface area contributed by atoms with E-state index in [1.165, 1.54) is 12.8 Å². The van der Waals surface area contributed by atoms with Gasteiger partial charge in [0.15, 0.2) is 0 Å². The van der Waals surface area contributed by atoms with Crippen LogP contribution in [0.4, 0.5) is 0 Å². The Morgan fingerprint density at radius 1 is 1.26 bits per heavy atom. The second-order valence-corrected chi connectivity index (χ2v) is 5.53. The summed E-state index contributed by atoms with van der Waals surface area (Å²) in [7, 11) is 0. The topological polar surface area (TPSA) is 29.9 Å². The van der Waals surface area contributed by atoms with E-state index in [2.05, 4.69) is 35.5 Å². The molecular formula is C16H21N3. The molecule has 1 aromatic heterocycles. The standard InChI is InChI=1S/C16H21N3/c1-13(14-7-8-14)11-17-12-15-9-10-19(18-15)16-5-3-2-4-6-16/h2-6,9-10,13-14,17H,7-8,11-12H2,1H3. The minimum absolute atomic E-state index is 0.802. The summed E-state index contributed by atoms with van der Waals surface area (Å²) in [6, 6.07) is 12.3. The van der Waals surface area contributed by atoms with Crippen LogP contribution in [0.25, 0.3) is 5.69 Å². The van der Waals surface area contributed by atoms with Crippen LogP contribution < -0.4 is 5.32 Å². The van der Waals surface area contributed by atoms with E-state index < -0.39 is 0 Å². The third-order valence-corrected chi connectivity index (χ3v) is 3.86. The molecule has 1 heterocycles. The summed E-state index contributed by atoms with van der Waals surface area (Å²) in [6.07, 6.45) is 4.87. The van der Waals surface area contributed by atoms with Crippen LogP contribution in [0.1, 0.15) is 25.5 Å². The van der Waals surface area contributed by atoms with E-state index in [1.54, 1.807) is 0 Å². The predicted molar refractivity (Wildman–Crippen MR) is 77.2 cm³/mol. The molecule has 1 unspecified atom stereocenters. The number of rotatable bonds is 6. The molecule has 0 aliphatic heterocycles. The van der Waals surface area contributed by atoms with E-state index in [0.29, 0.717) is 0 Å². The molecule has 1 N–H and O–H groups in total. The summed E-state index contributed by atoms with van der Waals surface area (Å²) in [6.45, 7) is 4.30. The number of hydrogen-bond acceptors (Lipinski definition) is 2. The van der Waals surface area contributed by atoms with E-state index in [0.717, 1.165) is 36.3 Å². The summed E-state index contributed by atoms with van der Waals surface area (Å²) in [5.74, 6) is 1.77. The Morgan fingerprint density at radius 3 is 2.79 bits per heavy atom. The monoisotopic (exact) mass is 255 g/mol. The van der Waals surface area contributed by atoms with Gasteiger partial charge in [-0.2, -0.15) is 5.10 Å². The number of aromatic nitrogens is 2. The fourth-order valence-electron chi connectivity index (χ4n) is 2.44. The molecule has 2 aromatic rings. The van der Waals surface area contributed by atoms with Crippen LogP contribution in [0.5, 0.6) is 0 Å². The van der Waals surface area contributed by atoms with Crippen molar-refractivity contribution in [2.45, 2.75) is 26.3 Å². The van der Waals surface area contributed by atoms with Gasteiger partial charge in [0.2, 0.25) is 0 Å². The molecule has 1 aromatic carbocycles. The Balaban J connectivity index is 1.53. The third-order valence-electron chi connectivity index (χ3n) is 3.86.